The number of anilines is 2. The Labute approximate surface area is 171 Å². The number of amides is 3. The van der Waals surface area contributed by atoms with E-state index in [1.165, 1.54) is 0 Å². The van der Waals surface area contributed by atoms with Crippen molar-refractivity contribution < 1.29 is 9.59 Å². The highest BCUT2D eigenvalue weighted by atomic mass is 16.2. The Morgan fingerprint density at radius 2 is 1.52 bits per heavy atom. The summed E-state index contributed by atoms with van der Waals surface area (Å²) in [5.41, 5.74) is 9.21. The zero-order valence-corrected chi connectivity index (χ0v) is 16.9. The lowest BCUT2D eigenvalue weighted by atomic mass is 10.1. The third kappa shape index (κ3) is 6.04. The van der Waals surface area contributed by atoms with E-state index in [0.717, 1.165) is 37.1 Å². The molecular weight excluding hydrogens is 366 g/mol. The Balaban J connectivity index is 1.49. The number of aryl methyl sites for hydroxylation is 1. The molecule has 0 aliphatic carbocycles. The van der Waals surface area contributed by atoms with Gasteiger partial charge in [-0.1, -0.05) is 29.8 Å². The van der Waals surface area contributed by atoms with Gasteiger partial charge >= 0.3 is 6.03 Å². The highest BCUT2D eigenvalue weighted by Crippen LogP contribution is 2.17. The van der Waals surface area contributed by atoms with Gasteiger partial charge in [-0.15, -0.1) is 0 Å². The maximum atomic E-state index is 12.4. The van der Waals surface area contributed by atoms with Crippen LogP contribution in [0.2, 0.25) is 0 Å². The summed E-state index contributed by atoms with van der Waals surface area (Å²) in [4.78, 5) is 26.8. The highest BCUT2D eigenvalue weighted by Gasteiger charge is 2.18. The number of urea groups is 1. The molecule has 3 rings (SSSR count). The average Bonchev–Trinajstić information content (AvgIpc) is 2.71. The van der Waals surface area contributed by atoms with Crippen molar-refractivity contribution in [3.63, 3.8) is 0 Å². The largest absolute Gasteiger partial charge is 0.335 e. The molecule has 5 N–H and O–H groups in total. The van der Waals surface area contributed by atoms with Crippen LogP contribution in [0.25, 0.3) is 0 Å². The Bertz CT molecular complexity index is 827. The third-order valence-corrected chi connectivity index (χ3v) is 5.18. The summed E-state index contributed by atoms with van der Waals surface area (Å²) >= 11 is 0. The van der Waals surface area contributed by atoms with E-state index in [0.29, 0.717) is 11.4 Å². The summed E-state index contributed by atoms with van der Waals surface area (Å²) in [6.07, 6.45) is 1.91. The van der Waals surface area contributed by atoms with E-state index in [2.05, 4.69) is 27.9 Å². The minimum Gasteiger partial charge on any atom is -0.335 e. The molecule has 2 aromatic carbocycles. The van der Waals surface area contributed by atoms with E-state index in [9.17, 15) is 9.59 Å². The molecule has 1 aliphatic rings. The number of nitrogens with two attached hydrogens (primary N) is 1. The van der Waals surface area contributed by atoms with Crippen molar-refractivity contribution in [2.75, 3.05) is 30.8 Å². The van der Waals surface area contributed by atoms with E-state index < -0.39 is 6.04 Å². The second-order valence-corrected chi connectivity index (χ2v) is 7.63. The predicted molar refractivity (Wildman–Crippen MR) is 116 cm³/mol. The van der Waals surface area contributed by atoms with Gasteiger partial charge in [0.1, 0.15) is 6.04 Å². The maximum absolute atomic E-state index is 12.4. The lowest BCUT2D eigenvalue weighted by Gasteiger charge is -2.29. The number of hydrogen-bond donors (Lipinski definition) is 4. The molecule has 0 bridgehead atoms. The Hall–Kier alpha value is -2.90. The van der Waals surface area contributed by atoms with Gasteiger partial charge in [0.25, 0.3) is 0 Å². The van der Waals surface area contributed by atoms with Crippen LogP contribution in [0.5, 0.6) is 0 Å². The third-order valence-electron chi connectivity index (χ3n) is 5.18. The van der Waals surface area contributed by atoms with Crippen LogP contribution in [0, 0.1) is 6.92 Å². The van der Waals surface area contributed by atoms with Crippen LogP contribution < -0.4 is 21.7 Å². The van der Waals surface area contributed by atoms with Gasteiger partial charge in [0.2, 0.25) is 5.91 Å². The minimum atomic E-state index is -0.742. The van der Waals surface area contributed by atoms with Crippen molar-refractivity contribution in [3.8, 4) is 0 Å². The maximum Gasteiger partial charge on any atom is 0.319 e. The molecule has 0 aromatic heterocycles. The van der Waals surface area contributed by atoms with Crippen molar-refractivity contribution in [2.45, 2.75) is 31.8 Å². The fourth-order valence-corrected chi connectivity index (χ4v) is 3.29. The summed E-state index contributed by atoms with van der Waals surface area (Å²) in [5, 5.41) is 8.65. The molecule has 0 radical (unpaired) electrons. The SMILES string of the molecule is Cc1ccc(C(N)C(=O)Nc2ccc(NC(=O)NC3CCN(C)CC3)cc2)cc1. The summed E-state index contributed by atoms with van der Waals surface area (Å²) < 4.78 is 0. The summed E-state index contributed by atoms with van der Waals surface area (Å²) in [6.45, 7) is 3.97. The van der Waals surface area contributed by atoms with Crippen LogP contribution in [-0.2, 0) is 4.79 Å². The summed E-state index contributed by atoms with van der Waals surface area (Å²) in [5.74, 6) is -0.283. The molecule has 0 saturated carbocycles. The highest BCUT2D eigenvalue weighted by molar-refractivity contribution is 5.96. The van der Waals surface area contributed by atoms with Gasteiger partial charge in [-0.05, 0) is 69.7 Å². The van der Waals surface area contributed by atoms with Crippen LogP contribution >= 0.6 is 0 Å². The first-order valence-corrected chi connectivity index (χ1v) is 9.90. The Kier molecular flexibility index (Phi) is 6.85. The van der Waals surface area contributed by atoms with E-state index in [1.54, 1.807) is 24.3 Å². The number of likely N-dealkylation sites (tertiary alicyclic amines) is 1. The molecule has 29 heavy (non-hydrogen) atoms. The van der Waals surface area contributed by atoms with Crippen molar-refractivity contribution in [3.05, 3.63) is 59.7 Å². The van der Waals surface area contributed by atoms with E-state index in [4.69, 9.17) is 5.73 Å². The standard InChI is InChI=1S/C22H29N5O2/c1-15-3-5-16(6-4-15)20(23)21(28)24-17-7-9-18(10-8-17)25-22(29)26-19-11-13-27(2)14-12-19/h3-10,19-20H,11-14,23H2,1-2H3,(H,24,28)(H2,25,26,29). The van der Waals surface area contributed by atoms with Gasteiger partial charge in [-0.25, -0.2) is 4.79 Å². The second kappa shape index (κ2) is 9.54. The van der Waals surface area contributed by atoms with Crippen molar-refractivity contribution in [1.29, 1.82) is 0 Å². The monoisotopic (exact) mass is 395 g/mol. The average molecular weight is 396 g/mol. The number of nitrogens with zero attached hydrogens (tertiary/aromatic N) is 1. The van der Waals surface area contributed by atoms with Crippen LogP contribution in [0.15, 0.2) is 48.5 Å². The molecule has 7 nitrogen and oxygen atoms in total. The van der Waals surface area contributed by atoms with Gasteiger partial charge in [-0.3, -0.25) is 4.79 Å². The summed E-state index contributed by atoms with van der Waals surface area (Å²) in [6, 6.07) is 13.8. The number of carbonyl (C=O) groups is 2. The van der Waals surface area contributed by atoms with Crippen LogP contribution in [-0.4, -0.2) is 43.0 Å². The zero-order valence-electron chi connectivity index (χ0n) is 16.9. The predicted octanol–water partition coefficient (Wildman–Crippen LogP) is 2.85. The first kappa shape index (κ1) is 20.8. The number of carbonyl (C=O) groups excluding carboxylic acids is 2. The quantitative estimate of drug-likeness (QED) is 0.625. The van der Waals surface area contributed by atoms with E-state index in [1.807, 2.05) is 31.2 Å². The molecule has 3 amide bonds. The van der Waals surface area contributed by atoms with Crippen molar-refractivity contribution in [2.24, 2.45) is 5.73 Å². The normalized spacial score (nSPS) is 16.1. The van der Waals surface area contributed by atoms with Crippen molar-refractivity contribution in [1.82, 2.24) is 10.2 Å². The lowest BCUT2D eigenvalue weighted by molar-refractivity contribution is -0.117. The zero-order chi connectivity index (χ0) is 20.8. The topological polar surface area (TPSA) is 99.5 Å². The fraction of sp³-hybridized carbons (Fsp3) is 0.364. The van der Waals surface area contributed by atoms with Crippen LogP contribution in [0.3, 0.4) is 0 Å². The van der Waals surface area contributed by atoms with Gasteiger partial charge in [0, 0.05) is 17.4 Å². The Morgan fingerprint density at radius 3 is 2.10 bits per heavy atom. The van der Waals surface area contributed by atoms with Crippen LogP contribution in [0.4, 0.5) is 16.2 Å². The van der Waals surface area contributed by atoms with Gasteiger partial charge < -0.3 is 26.6 Å². The molecule has 1 saturated heterocycles. The second-order valence-electron chi connectivity index (χ2n) is 7.63. The molecule has 0 spiro atoms. The smallest absolute Gasteiger partial charge is 0.319 e. The summed E-state index contributed by atoms with van der Waals surface area (Å²) in [7, 11) is 2.09. The first-order chi connectivity index (χ1) is 13.9. The molecule has 1 fully saturated rings. The Morgan fingerprint density at radius 1 is 0.966 bits per heavy atom. The molecular formula is C22H29N5O2. The lowest BCUT2D eigenvalue weighted by Crippen LogP contribution is -2.44. The fourth-order valence-electron chi connectivity index (χ4n) is 3.29. The molecule has 1 heterocycles. The first-order valence-electron chi connectivity index (χ1n) is 9.90. The number of benzene rings is 2. The number of nitrogens with one attached hydrogen (secondary N) is 3. The number of rotatable bonds is 5. The van der Waals surface area contributed by atoms with Crippen molar-refractivity contribution >= 4 is 23.3 Å². The molecule has 1 atom stereocenters. The van der Waals surface area contributed by atoms with E-state index >= 15 is 0 Å². The van der Waals surface area contributed by atoms with Gasteiger partial charge in [-0.2, -0.15) is 0 Å². The number of piperidine rings is 1. The van der Waals surface area contributed by atoms with Crippen LogP contribution in [0.1, 0.15) is 30.0 Å². The number of hydrogen-bond acceptors (Lipinski definition) is 4. The van der Waals surface area contributed by atoms with Gasteiger partial charge in [0.15, 0.2) is 0 Å². The molecule has 154 valence electrons. The molecule has 7 heteroatoms. The molecule has 1 unspecified atom stereocenters. The molecule has 1 aliphatic heterocycles. The van der Waals surface area contributed by atoms with E-state index in [-0.39, 0.29) is 18.0 Å². The molecule has 2 aromatic rings. The van der Waals surface area contributed by atoms with Gasteiger partial charge in [0.05, 0.1) is 0 Å². The minimum absolute atomic E-state index is 0.202.